The smallest absolute Gasteiger partial charge is 0.207 e. The third-order valence-corrected chi connectivity index (χ3v) is 3.79. The van der Waals surface area contributed by atoms with Crippen molar-refractivity contribution in [3.05, 3.63) is 33.0 Å². The molecule has 0 amide bonds. The van der Waals surface area contributed by atoms with E-state index in [9.17, 15) is 0 Å². The number of nitrogens with one attached hydrogen (secondary N) is 1. The summed E-state index contributed by atoms with van der Waals surface area (Å²) in [6.07, 6.45) is 1.97. The maximum absolute atomic E-state index is 5.32. The molecule has 0 aliphatic carbocycles. The molecule has 0 spiro atoms. The Morgan fingerprint density at radius 2 is 2.00 bits per heavy atom. The molecule has 6 heteroatoms. The fourth-order valence-corrected chi connectivity index (χ4v) is 3.06. The van der Waals surface area contributed by atoms with Crippen molar-refractivity contribution in [2.24, 2.45) is 0 Å². The Kier molecular flexibility index (Phi) is 3.97. The van der Waals surface area contributed by atoms with Gasteiger partial charge in [-0.1, -0.05) is 0 Å². The van der Waals surface area contributed by atoms with Crippen LogP contribution in [0.15, 0.2) is 27.3 Å². The monoisotopic (exact) mass is 373 g/mol. The highest BCUT2D eigenvalue weighted by atomic mass is 79.9. The van der Waals surface area contributed by atoms with Crippen LogP contribution in [0, 0.1) is 6.92 Å². The summed E-state index contributed by atoms with van der Waals surface area (Å²) in [5.41, 5.74) is 1.92. The SMILES string of the molecule is CNc1nc(C)cn1-c1cc(OC)c(Br)cc1Br. The van der Waals surface area contributed by atoms with Crippen LogP contribution in [0.4, 0.5) is 5.95 Å². The predicted molar refractivity (Wildman–Crippen MR) is 79.8 cm³/mol. The topological polar surface area (TPSA) is 39.1 Å². The van der Waals surface area contributed by atoms with Crippen molar-refractivity contribution in [1.29, 1.82) is 0 Å². The Labute approximate surface area is 123 Å². The first-order valence-electron chi connectivity index (χ1n) is 5.34. The molecule has 0 unspecified atom stereocenters. The number of ether oxygens (including phenoxy) is 1. The van der Waals surface area contributed by atoms with Gasteiger partial charge in [-0.15, -0.1) is 0 Å². The van der Waals surface area contributed by atoms with Gasteiger partial charge in [-0.2, -0.15) is 0 Å². The van der Waals surface area contributed by atoms with Gasteiger partial charge < -0.3 is 10.1 Å². The third kappa shape index (κ3) is 2.40. The molecule has 4 nitrogen and oxygen atoms in total. The molecule has 0 saturated heterocycles. The highest BCUT2D eigenvalue weighted by molar-refractivity contribution is 9.11. The number of aromatic nitrogens is 2. The number of aryl methyl sites for hydroxylation is 1. The van der Waals surface area contributed by atoms with Crippen molar-refractivity contribution in [3.8, 4) is 11.4 Å². The fraction of sp³-hybridized carbons (Fsp3) is 0.250. The van der Waals surface area contributed by atoms with Gasteiger partial charge in [-0.3, -0.25) is 4.57 Å². The first-order valence-corrected chi connectivity index (χ1v) is 6.92. The van der Waals surface area contributed by atoms with Gasteiger partial charge in [0.15, 0.2) is 0 Å². The molecule has 1 aromatic carbocycles. The van der Waals surface area contributed by atoms with E-state index in [4.69, 9.17) is 4.74 Å². The lowest BCUT2D eigenvalue weighted by atomic mass is 10.3. The van der Waals surface area contributed by atoms with E-state index in [2.05, 4.69) is 42.2 Å². The van der Waals surface area contributed by atoms with Crippen LogP contribution in [-0.4, -0.2) is 23.7 Å². The number of halogens is 2. The summed E-state index contributed by atoms with van der Waals surface area (Å²) in [7, 11) is 3.50. The van der Waals surface area contributed by atoms with E-state index in [1.807, 2.05) is 36.9 Å². The summed E-state index contributed by atoms with van der Waals surface area (Å²) >= 11 is 7.02. The van der Waals surface area contributed by atoms with Gasteiger partial charge in [0.1, 0.15) is 5.75 Å². The molecular formula is C12H13Br2N3O. The Hall–Kier alpha value is -1.01. The lowest BCUT2D eigenvalue weighted by Gasteiger charge is -2.12. The number of anilines is 1. The van der Waals surface area contributed by atoms with Crippen molar-refractivity contribution in [3.63, 3.8) is 0 Å². The van der Waals surface area contributed by atoms with Gasteiger partial charge in [-0.25, -0.2) is 4.98 Å². The molecule has 0 aliphatic rings. The molecule has 1 N–H and O–H groups in total. The minimum atomic E-state index is 0.779. The molecule has 0 saturated carbocycles. The quantitative estimate of drug-likeness (QED) is 0.888. The van der Waals surface area contributed by atoms with E-state index in [1.54, 1.807) is 7.11 Å². The Balaban J connectivity index is 2.62. The van der Waals surface area contributed by atoms with Crippen LogP contribution < -0.4 is 10.1 Å². The Morgan fingerprint density at radius 3 is 2.61 bits per heavy atom. The zero-order valence-corrected chi connectivity index (χ0v) is 13.5. The van der Waals surface area contributed by atoms with Gasteiger partial charge in [0.2, 0.25) is 5.95 Å². The largest absolute Gasteiger partial charge is 0.495 e. The van der Waals surface area contributed by atoms with E-state index < -0.39 is 0 Å². The summed E-state index contributed by atoms with van der Waals surface area (Å²) < 4.78 is 9.17. The minimum Gasteiger partial charge on any atom is -0.495 e. The number of hydrogen-bond acceptors (Lipinski definition) is 3. The van der Waals surface area contributed by atoms with Gasteiger partial charge in [-0.05, 0) is 44.8 Å². The van der Waals surface area contributed by atoms with Gasteiger partial charge in [0.25, 0.3) is 0 Å². The van der Waals surface area contributed by atoms with E-state index in [1.165, 1.54) is 0 Å². The zero-order valence-electron chi connectivity index (χ0n) is 10.3. The van der Waals surface area contributed by atoms with E-state index in [0.717, 1.165) is 32.0 Å². The van der Waals surface area contributed by atoms with E-state index in [0.29, 0.717) is 0 Å². The lowest BCUT2D eigenvalue weighted by Crippen LogP contribution is -2.02. The normalized spacial score (nSPS) is 10.5. The standard InChI is InChI=1S/C12H13Br2N3O/c1-7-6-17(12(15-2)16-7)10-5-11(18-3)9(14)4-8(10)13/h4-6H,1-3H3,(H,15,16). The molecule has 0 atom stereocenters. The highest BCUT2D eigenvalue weighted by Crippen LogP contribution is 2.34. The molecule has 1 aromatic heterocycles. The van der Waals surface area contributed by atoms with Crippen LogP contribution in [0.25, 0.3) is 5.69 Å². The highest BCUT2D eigenvalue weighted by Gasteiger charge is 2.12. The second kappa shape index (κ2) is 5.32. The van der Waals surface area contributed by atoms with Crippen molar-refractivity contribution < 1.29 is 4.74 Å². The van der Waals surface area contributed by atoms with Crippen LogP contribution in [-0.2, 0) is 0 Å². The van der Waals surface area contributed by atoms with Gasteiger partial charge in [0.05, 0.1) is 23.0 Å². The molecular weight excluding hydrogens is 362 g/mol. The Bertz CT molecular complexity index is 581. The number of rotatable bonds is 3. The van der Waals surface area contributed by atoms with Gasteiger partial charge >= 0.3 is 0 Å². The molecule has 18 heavy (non-hydrogen) atoms. The minimum absolute atomic E-state index is 0.779. The molecule has 1 heterocycles. The first kappa shape index (κ1) is 13.4. The molecule has 0 radical (unpaired) electrons. The molecule has 0 bridgehead atoms. The van der Waals surface area contributed by atoms with Crippen molar-refractivity contribution in [1.82, 2.24) is 9.55 Å². The second-order valence-electron chi connectivity index (χ2n) is 3.76. The molecule has 0 fully saturated rings. The van der Waals surface area contributed by atoms with E-state index in [-0.39, 0.29) is 0 Å². The van der Waals surface area contributed by atoms with Crippen molar-refractivity contribution in [2.75, 3.05) is 19.5 Å². The van der Waals surface area contributed by atoms with Crippen molar-refractivity contribution in [2.45, 2.75) is 6.92 Å². The predicted octanol–water partition coefficient (Wildman–Crippen LogP) is 3.76. The van der Waals surface area contributed by atoms with Crippen LogP contribution in [0.3, 0.4) is 0 Å². The van der Waals surface area contributed by atoms with E-state index >= 15 is 0 Å². The first-order chi connectivity index (χ1) is 8.56. The fourth-order valence-electron chi connectivity index (χ4n) is 1.72. The number of hydrogen-bond donors (Lipinski definition) is 1. The van der Waals surface area contributed by atoms with Gasteiger partial charge in [0, 0.05) is 23.8 Å². The van der Waals surface area contributed by atoms with Crippen LogP contribution in [0.5, 0.6) is 5.75 Å². The number of methoxy groups -OCH3 is 1. The second-order valence-corrected chi connectivity index (χ2v) is 5.47. The maximum atomic E-state index is 5.32. The number of nitrogens with zero attached hydrogens (tertiary/aromatic N) is 2. The Morgan fingerprint density at radius 1 is 1.28 bits per heavy atom. The van der Waals surface area contributed by atoms with Crippen LogP contribution in [0.1, 0.15) is 5.69 Å². The number of benzene rings is 1. The molecule has 2 rings (SSSR count). The number of imidazole rings is 1. The third-order valence-electron chi connectivity index (χ3n) is 2.53. The summed E-state index contributed by atoms with van der Waals surface area (Å²) in [5.74, 6) is 1.57. The molecule has 96 valence electrons. The zero-order chi connectivity index (χ0) is 13.3. The lowest BCUT2D eigenvalue weighted by molar-refractivity contribution is 0.412. The summed E-state index contributed by atoms with van der Waals surface area (Å²) in [6, 6.07) is 3.92. The molecule has 0 aliphatic heterocycles. The summed E-state index contributed by atoms with van der Waals surface area (Å²) in [4.78, 5) is 4.40. The van der Waals surface area contributed by atoms with Crippen molar-refractivity contribution >= 4 is 37.8 Å². The maximum Gasteiger partial charge on any atom is 0.207 e. The van der Waals surface area contributed by atoms with Crippen LogP contribution >= 0.6 is 31.9 Å². The van der Waals surface area contributed by atoms with Crippen LogP contribution in [0.2, 0.25) is 0 Å². The molecule has 2 aromatic rings. The summed E-state index contributed by atoms with van der Waals surface area (Å²) in [5, 5.41) is 3.07. The average molecular weight is 375 g/mol. The summed E-state index contributed by atoms with van der Waals surface area (Å²) in [6.45, 7) is 1.96. The average Bonchev–Trinajstić information content (AvgIpc) is 2.70.